The maximum atomic E-state index is 12.8. The van der Waals surface area contributed by atoms with Gasteiger partial charge in [-0.15, -0.1) is 0 Å². The van der Waals surface area contributed by atoms with Gasteiger partial charge in [0.25, 0.3) is 5.91 Å². The zero-order chi connectivity index (χ0) is 17.4. The molecular weight excluding hydrogens is 316 g/mol. The number of amides is 2. The van der Waals surface area contributed by atoms with E-state index in [1.165, 1.54) is 5.56 Å². The minimum absolute atomic E-state index is 0.0432. The lowest BCUT2D eigenvalue weighted by Gasteiger charge is -2.32. The first kappa shape index (κ1) is 15.9. The van der Waals surface area contributed by atoms with Gasteiger partial charge in [-0.05, 0) is 38.0 Å². The summed E-state index contributed by atoms with van der Waals surface area (Å²) in [7, 11) is 0. The molecule has 2 aliphatic rings. The lowest BCUT2D eigenvalue weighted by Crippen LogP contribution is -2.48. The summed E-state index contributed by atoms with van der Waals surface area (Å²) < 4.78 is 1.92. The summed E-state index contributed by atoms with van der Waals surface area (Å²) >= 11 is 0. The first-order valence-corrected chi connectivity index (χ1v) is 8.81. The van der Waals surface area contributed by atoms with E-state index in [2.05, 4.69) is 24.2 Å². The van der Waals surface area contributed by atoms with Gasteiger partial charge in [-0.3, -0.25) is 9.59 Å². The van der Waals surface area contributed by atoms with Crippen LogP contribution in [0.1, 0.15) is 40.5 Å². The molecule has 1 saturated carbocycles. The molecule has 1 aliphatic heterocycles. The van der Waals surface area contributed by atoms with Crippen molar-refractivity contribution < 1.29 is 9.59 Å². The van der Waals surface area contributed by atoms with Crippen LogP contribution in [-0.4, -0.2) is 58.1 Å². The Morgan fingerprint density at radius 3 is 2.40 bits per heavy atom. The smallest absolute Gasteiger partial charge is 0.274 e. The summed E-state index contributed by atoms with van der Waals surface area (Å²) in [6, 6.07) is 10.2. The fraction of sp³-hybridized carbons (Fsp3) is 0.421. The Bertz CT molecular complexity index is 784. The molecule has 0 atom stereocenters. The van der Waals surface area contributed by atoms with Gasteiger partial charge in [-0.1, -0.05) is 17.7 Å². The van der Waals surface area contributed by atoms with Gasteiger partial charge in [-0.25, -0.2) is 4.68 Å². The first-order chi connectivity index (χ1) is 12.2. The largest absolute Gasteiger partial charge is 0.342 e. The predicted molar refractivity (Wildman–Crippen MR) is 93.8 cm³/mol. The molecule has 0 radical (unpaired) electrons. The van der Waals surface area contributed by atoms with Gasteiger partial charge in [0, 0.05) is 37.8 Å². The average Bonchev–Trinajstić information content (AvgIpc) is 3.40. The van der Waals surface area contributed by atoms with Crippen LogP contribution >= 0.6 is 0 Å². The number of rotatable bonds is 4. The summed E-state index contributed by atoms with van der Waals surface area (Å²) in [5.41, 5.74) is 3.83. The number of nitrogens with zero attached hydrogens (tertiary/aromatic N) is 4. The highest BCUT2D eigenvalue weighted by Gasteiger charge is 2.31. The summed E-state index contributed by atoms with van der Waals surface area (Å²) in [4.78, 5) is 27.1. The van der Waals surface area contributed by atoms with Gasteiger partial charge in [0.1, 0.15) is 0 Å². The van der Waals surface area contributed by atoms with Crippen molar-refractivity contribution in [2.45, 2.75) is 25.7 Å². The topological polar surface area (TPSA) is 58.4 Å². The number of piperazine rings is 1. The van der Waals surface area contributed by atoms with E-state index in [1.807, 2.05) is 22.9 Å². The molecule has 1 aliphatic carbocycles. The minimum Gasteiger partial charge on any atom is -0.342 e. The van der Waals surface area contributed by atoms with E-state index >= 15 is 0 Å². The van der Waals surface area contributed by atoms with E-state index in [1.54, 1.807) is 9.80 Å². The van der Waals surface area contributed by atoms with Gasteiger partial charge >= 0.3 is 0 Å². The van der Waals surface area contributed by atoms with E-state index in [4.69, 9.17) is 0 Å². The molecule has 0 unspecified atom stereocenters. The Labute approximate surface area is 147 Å². The van der Waals surface area contributed by atoms with E-state index < -0.39 is 0 Å². The summed E-state index contributed by atoms with van der Waals surface area (Å²) in [5.74, 6) is 0.459. The molecule has 0 N–H and O–H groups in total. The number of carbonyl (C=O) groups is 2. The number of aryl methyl sites for hydroxylation is 1. The fourth-order valence-electron chi connectivity index (χ4n) is 3.26. The van der Waals surface area contributed by atoms with Crippen LogP contribution in [0.2, 0.25) is 0 Å². The molecule has 2 amide bonds. The van der Waals surface area contributed by atoms with Crippen molar-refractivity contribution in [1.82, 2.24) is 19.6 Å². The molecule has 25 heavy (non-hydrogen) atoms. The highest BCUT2D eigenvalue weighted by atomic mass is 16.2. The maximum Gasteiger partial charge on any atom is 0.274 e. The fourth-order valence-corrected chi connectivity index (χ4v) is 3.26. The Hall–Kier alpha value is -2.63. The second-order valence-electron chi connectivity index (χ2n) is 6.91. The number of hydrogen-bond acceptors (Lipinski definition) is 3. The Balaban J connectivity index is 1.60. The van der Waals surface area contributed by atoms with Gasteiger partial charge in [0.15, 0.2) is 5.69 Å². The Morgan fingerprint density at radius 2 is 1.80 bits per heavy atom. The monoisotopic (exact) mass is 338 g/mol. The number of benzene rings is 1. The van der Waals surface area contributed by atoms with Crippen molar-refractivity contribution in [3.63, 3.8) is 0 Å². The zero-order valence-corrected chi connectivity index (χ0v) is 14.4. The van der Waals surface area contributed by atoms with Crippen LogP contribution in [0.25, 0.3) is 5.69 Å². The molecule has 4 rings (SSSR count). The molecule has 1 saturated heterocycles. The van der Waals surface area contributed by atoms with Crippen molar-refractivity contribution in [2.24, 2.45) is 0 Å². The molecule has 130 valence electrons. The number of carbonyl (C=O) groups excluding carboxylic acids is 2. The third kappa shape index (κ3) is 3.16. The van der Waals surface area contributed by atoms with Gasteiger partial charge in [0.2, 0.25) is 6.41 Å². The van der Waals surface area contributed by atoms with E-state index in [-0.39, 0.29) is 5.91 Å². The third-order valence-electron chi connectivity index (χ3n) is 4.98. The van der Waals surface area contributed by atoms with Crippen molar-refractivity contribution in [2.75, 3.05) is 26.2 Å². The second kappa shape index (κ2) is 6.35. The summed E-state index contributed by atoms with van der Waals surface area (Å²) in [6.45, 7) is 4.36. The lowest BCUT2D eigenvalue weighted by atomic mass is 10.2. The molecule has 0 bridgehead atoms. The van der Waals surface area contributed by atoms with Crippen molar-refractivity contribution in [3.8, 4) is 5.69 Å². The predicted octanol–water partition coefficient (Wildman–Crippen LogP) is 1.97. The van der Waals surface area contributed by atoms with E-state index in [9.17, 15) is 9.59 Å². The SMILES string of the molecule is Cc1ccc(-n2nc(C(=O)N3CCN(C=O)CC3)cc2C2CC2)cc1. The summed E-state index contributed by atoms with van der Waals surface area (Å²) in [6.07, 6.45) is 3.16. The summed E-state index contributed by atoms with van der Waals surface area (Å²) in [5, 5.41) is 4.63. The Morgan fingerprint density at radius 1 is 1.12 bits per heavy atom. The van der Waals surface area contributed by atoms with Crippen LogP contribution in [0.3, 0.4) is 0 Å². The van der Waals surface area contributed by atoms with E-state index in [0.29, 0.717) is 37.8 Å². The molecule has 2 aromatic rings. The van der Waals surface area contributed by atoms with Crippen LogP contribution in [0.15, 0.2) is 30.3 Å². The highest BCUT2D eigenvalue weighted by Crippen LogP contribution is 2.41. The van der Waals surface area contributed by atoms with Crippen LogP contribution < -0.4 is 0 Å². The quantitative estimate of drug-likeness (QED) is 0.801. The molecule has 6 nitrogen and oxygen atoms in total. The van der Waals surface area contributed by atoms with Crippen LogP contribution in [0, 0.1) is 6.92 Å². The van der Waals surface area contributed by atoms with Crippen LogP contribution in [0.5, 0.6) is 0 Å². The van der Waals surface area contributed by atoms with Gasteiger partial charge in [0.05, 0.1) is 5.69 Å². The molecule has 1 aromatic heterocycles. The van der Waals surface area contributed by atoms with Crippen LogP contribution in [0.4, 0.5) is 0 Å². The number of hydrogen-bond donors (Lipinski definition) is 0. The average molecular weight is 338 g/mol. The van der Waals surface area contributed by atoms with Gasteiger partial charge < -0.3 is 9.80 Å². The standard InChI is InChI=1S/C19H22N4O2/c1-14-2-6-16(7-3-14)23-18(15-4-5-15)12-17(20-23)19(25)22-10-8-21(13-24)9-11-22/h2-3,6-7,12-13,15H,4-5,8-11H2,1H3. The number of aromatic nitrogens is 2. The van der Waals surface area contributed by atoms with Crippen LogP contribution in [-0.2, 0) is 4.79 Å². The van der Waals surface area contributed by atoms with Crippen molar-refractivity contribution in [1.29, 1.82) is 0 Å². The van der Waals surface area contributed by atoms with Crippen molar-refractivity contribution in [3.05, 3.63) is 47.3 Å². The molecule has 6 heteroatoms. The second-order valence-corrected chi connectivity index (χ2v) is 6.91. The lowest BCUT2D eigenvalue weighted by molar-refractivity contribution is -0.119. The highest BCUT2D eigenvalue weighted by molar-refractivity contribution is 5.92. The van der Waals surface area contributed by atoms with E-state index in [0.717, 1.165) is 30.6 Å². The molecule has 2 heterocycles. The molecular formula is C19H22N4O2. The van der Waals surface area contributed by atoms with Gasteiger partial charge in [-0.2, -0.15) is 5.10 Å². The first-order valence-electron chi connectivity index (χ1n) is 8.81. The molecule has 2 fully saturated rings. The zero-order valence-electron chi connectivity index (χ0n) is 14.4. The molecule has 0 spiro atoms. The maximum absolute atomic E-state index is 12.8. The Kier molecular flexibility index (Phi) is 4.03. The normalized spacial score (nSPS) is 17.6. The molecule has 1 aromatic carbocycles. The third-order valence-corrected chi connectivity index (χ3v) is 4.98. The minimum atomic E-state index is -0.0432. The van der Waals surface area contributed by atoms with Crippen molar-refractivity contribution >= 4 is 12.3 Å².